The molecule has 18 heavy (non-hydrogen) atoms. The molecule has 2 nitrogen and oxygen atoms in total. The highest BCUT2D eigenvalue weighted by Gasteiger charge is 1.99. The van der Waals surface area contributed by atoms with Gasteiger partial charge in [-0.2, -0.15) is 0 Å². The molecule has 0 atom stereocenters. The Hall–Kier alpha value is -1.54. The summed E-state index contributed by atoms with van der Waals surface area (Å²) in [6, 6.07) is 12.9. The maximum atomic E-state index is 3.52. The lowest BCUT2D eigenvalue weighted by molar-refractivity contribution is 0.628. The Bertz CT molecular complexity index is 485. The number of hydrogen-bond acceptors (Lipinski definition) is 1. The summed E-state index contributed by atoms with van der Waals surface area (Å²) < 4.78 is 2.28. The molecule has 1 aromatic heterocycles. The van der Waals surface area contributed by atoms with E-state index < -0.39 is 0 Å². The van der Waals surface area contributed by atoms with Gasteiger partial charge in [0.05, 0.1) is 0 Å². The van der Waals surface area contributed by atoms with E-state index in [4.69, 9.17) is 0 Å². The Labute approximate surface area is 110 Å². The van der Waals surface area contributed by atoms with Gasteiger partial charge in [0, 0.05) is 25.0 Å². The van der Waals surface area contributed by atoms with E-state index in [-0.39, 0.29) is 0 Å². The first kappa shape index (κ1) is 12.9. The van der Waals surface area contributed by atoms with Gasteiger partial charge in [0.15, 0.2) is 0 Å². The van der Waals surface area contributed by atoms with Crippen molar-refractivity contribution in [2.75, 3.05) is 6.54 Å². The lowest BCUT2D eigenvalue weighted by Crippen LogP contribution is -2.19. The normalized spacial score (nSPS) is 10.8. The molecule has 0 spiro atoms. The number of nitrogens with zero attached hydrogens (tertiary/aromatic N) is 1. The number of aromatic nitrogens is 1. The zero-order valence-electron chi connectivity index (χ0n) is 11.3. The average molecular weight is 242 g/mol. The van der Waals surface area contributed by atoms with Crippen LogP contribution in [0.5, 0.6) is 0 Å². The summed E-state index contributed by atoms with van der Waals surface area (Å²) in [5.41, 5.74) is 4.19. The number of nitrogens with one attached hydrogen (secondary N) is 1. The van der Waals surface area contributed by atoms with Crippen molar-refractivity contribution >= 4 is 0 Å². The first-order valence-corrected chi connectivity index (χ1v) is 6.70. The number of benzene rings is 1. The first-order chi connectivity index (χ1) is 8.81. The summed E-state index contributed by atoms with van der Waals surface area (Å²) in [6.07, 6.45) is 3.23. The molecule has 0 saturated heterocycles. The van der Waals surface area contributed by atoms with Crippen LogP contribution in [-0.4, -0.2) is 11.1 Å². The van der Waals surface area contributed by atoms with Crippen molar-refractivity contribution in [3.8, 4) is 0 Å². The van der Waals surface area contributed by atoms with Crippen molar-refractivity contribution in [1.29, 1.82) is 0 Å². The Morgan fingerprint density at radius 2 is 1.94 bits per heavy atom. The fourth-order valence-corrected chi connectivity index (χ4v) is 2.25. The molecule has 0 amide bonds. The van der Waals surface area contributed by atoms with E-state index in [1.807, 2.05) is 0 Å². The van der Waals surface area contributed by atoms with E-state index in [2.05, 4.69) is 66.3 Å². The monoisotopic (exact) mass is 242 g/mol. The van der Waals surface area contributed by atoms with Crippen molar-refractivity contribution in [2.24, 2.45) is 0 Å². The summed E-state index contributed by atoms with van der Waals surface area (Å²) in [4.78, 5) is 0. The largest absolute Gasteiger partial charge is 0.351 e. The predicted molar refractivity (Wildman–Crippen MR) is 76.7 cm³/mol. The third-order valence-corrected chi connectivity index (χ3v) is 3.40. The van der Waals surface area contributed by atoms with Gasteiger partial charge in [0.2, 0.25) is 0 Å². The third kappa shape index (κ3) is 3.23. The SMILES string of the molecule is CCn1cccc1CNCCc1ccccc1C. The molecule has 2 aromatic rings. The third-order valence-electron chi connectivity index (χ3n) is 3.40. The average Bonchev–Trinajstić information content (AvgIpc) is 2.84. The second-order valence-electron chi connectivity index (χ2n) is 4.64. The Morgan fingerprint density at radius 1 is 1.11 bits per heavy atom. The van der Waals surface area contributed by atoms with Crippen LogP contribution >= 0.6 is 0 Å². The Kier molecular flexibility index (Phi) is 4.59. The van der Waals surface area contributed by atoms with Crippen molar-refractivity contribution in [3.05, 3.63) is 59.4 Å². The molecule has 96 valence electrons. The molecule has 0 fully saturated rings. The van der Waals surface area contributed by atoms with Crippen molar-refractivity contribution in [2.45, 2.75) is 33.4 Å². The lowest BCUT2D eigenvalue weighted by Gasteiger charge is -2.09. The molecule has 1 N–H and O–H groups in total. The van der Waals surface area contributed by atoms with E-state index >= 15 is 0 Å². The minimum atomic E-state index is 0.951. The highest BCUT2D eigenvalue weighted by molar-refractivity contribution is 5.25. The van der Waals surface area contributed by atoms with E-state index in [0.29, 0.717) is 0 Å². The smallest absolute Gasteiger partial charge is 0.0359 e. The maximum absolute atomic E-state index is 3.52. The predicted octanol–water partition coefficient (Wildman–Crippen LogP) is 3.15. The van der Waals surface area contributed by atoms with E-state index in [1.54, 1.807) is 0 Å². The van der Waals surface area contributed by atoms with Crippen molar-refractivity contribution < 1.29 is 0 Å². The van der Waals surface area contributed by atoms with Crippen molar-refractivity contribution in [3.63, 3.8) is 0 Å². The topological polar surface area (TPSA) is 17.0 Å². The molecule has 0 unspecified atom stereocenters. The van der Waals surface area contributed by atoms with Gasteiger partial charge < -0.3 is 9.88 Å². The van der Waals surface area contributed by atoms with Crippen LogP contribution in [-0.2, 0) is 19.5 Å². The van der Waals surface area contributed by atoms with Gasteiger partial charge in [-0.1, -0.05) is 24.3 Å². The van der Waals surface area contributed by atoms with E-state index in [1.165, 1.54) is 16.8 Å². The van der Waals surface area contributed by atoms with Crippen LogP contribution in [0.3, 0.4) is 0 Å². The molecule has 0 aliphatic carbocycles. The van der Waals surface area contributed by atoms with Gasteiger partial charge in [-0.25, -0.2) is 0 Å². The fourth-order valence-electron chi connectivity index (χ4n) is 2.25. The van der Waals surface area contributed by atoms with Gasteiger partial charge in [-0.3, -0.25) is 0 Å². The van der Waals surface area contributed by atoms with Crippen molar-refractivity contribution in [1.82, 2.24) is 9.88 Å². The standard InChI is InChI=1S/C16H22N2/c1-3-18-12-6-9-16(18)13-17-11-10-15-8-5-4-7-14(15)2/h4-9,12,17H,3,10-11,13H2,1-2H3. The molecule has 0 aliphatic heterocycles. The van der Waals surface area contributed by atoms with Gasteiger partial charge in [0.1, 0.15) is 0 Å². The van der Waals surface area contributed by atoms with Crippen LogP contribution in [0.2, 0.25) is 0 Å². The quantitative estimate of drug-likeness (QED) is 0.770. The number of hydrogen-bond donors (Lipinski definition) is 1. The molecule has 2 heteroatoms. The molecule has 0 bridgehead atoms. The van der Waals surface area contributed by atoms with Gasteiger partial charge in [-0.15, -0.1) is 0 Å². The van der Waals surface area contributed by atoms with Crippen LogP contribution in [0.15, 0.2) is 42.6 Å². The molecule has 0 radical (unpaired) electrons. The van der Waals surface area contributed by atoms with E-state index in [0.717, 1.165) is 26.1 Å². The number of rotatable bonds is 6. The highest BCUT2D eigenvalue weighted by Crippen LogP contribution is 2.07. The molecule has 1 aromatic carbocycles. The molecule has 0 saturated carbocycles. The zero-order valence-corrected chi connectivity index (χ0v) is 11.3. The molecular formula is C16H22N2. The second kappa shape index (κ2) is 6.41. The molecule has 0 aliphatic rings. The summed E-state index contributed by atoms with van der Waals surface area (Å²) >= 11 is 0. The van der Waals surface area contributed by atoms with Crippen LogP contribution < -0.4 is 5.32 Å². The minimum absolute atomic E-state index is 0.951. The van der Waals surface area contributed by atoms with Gasteiger partial charge >= 0.3 is 0 Å². The van der Waals surface area contributed by atoms with Crippen LogP contribution in [0.1, 0.15) is 23.7 Å². The summed E-state index contributed by atoms with van der Waals surface area (Å²) in [7, 11) is 0. The lowest BCUT2D eigenvalue weighted by atomic mass is 10.1. The van der Waals surface area contributed by atoms with Crippen LogP contribution in [0.4, 0.5) is 0 Å². The number of aryl methyl sites for hydroxylation is 2. The highest BCUT2D eigenvalue weighted by atomic mass is 15.0. The summed E-state index contributed by atoms with van der Waals surface area (Å²) in [6.45, 7) is 7.38. The summed E-state index contributed by atoms with van der Waals surface area (Å²) in [5, 5.41) is 3.52. The fraction of sp³-hybridized carbons (Fsp3) is 0.375. The van der Waals surface area contributed by atoms with Crippen LogP contribution in [0.25, 0.3) is 0 Å². The van der Waals surface area contributed by atoms with Gasteiger partial charge in [0.25, 0.3) is 0 Å². The maximum Gasteiger partial charge on any atom is 0.0359 e. The van der Waals surface area contributed by atoms with Crippen LogP contribution in [0, 0.1) is 6.92 Å². The Balaban J connectivity index is 1.78. The molecule has 1 heterocycles. The Morgan fingerprint density at radius 3 is 2.72 bits per heavy atom. The first-order valence-electron chi connectivity index (χ1n) is 6.70. The van der Waals surface area contributed by atoms with Gasteiger partial charge in [-0.05, 0) is 50.1 Å². The molecular weight excluding hydrogens is 220 g/mol. The van der Waals surface area contributed by atoms with E-state index in [9.17, 15) is 0 Å². The summed E-state index contributed by atoms with van der Waals surface area (Å²) in [5.74, 6) is 0. The zero-order chi connectivity index (χ0) is 12.8. The second-order valence-corrected chi connectivity index (χ2v) is 4.64. The minimum Gasteiger partial charge on any atom is -0.351 e. The molecule has 2 rings (SSSR count).